The second kappa shape index (κ2) is 8.12. The summed E-state index contributed by atoms with van der Waals surface area (Å²) in [4.78, 5) is 29.4. The smallest absolute Gasteiger partial charge is 0.251 e. The second-order valence-corrected chi connectivity index (χ2v) is 6.70. The van der Waals surface area contributed by atoms with E-state index in [0.29, 0.717) is 42.1 Å². The Morgan fingerprint density at radius 2 is 1.89 bits per heavy atom. The third-order valence-electron chi connectivity index (χ3n) is 5.06. The number of aryl methyl sites for hydroxylation is 1. The average molecular weight is 369 g/mol. The summed E-state index contributed by atoms with van der Waals surface area (Å²) in [6, 6.07) is 7.59. The first-order valence-corrected chi connectivity index (χ1v) is 9.01. The van der Waals surface area contributed by atoms with E-state index in [1.54, 1.807) is 31.3 Å². The van der Waals surface area contributed by atoms with Crippen molar-refractivity contribution >= 4 is 16.8 Å². The summed E-state index contributed by atoms with van der Waals surface area (Å²) in [6.45, 7) is 1.23. The molecule has 2 heterocycles. The molecular formula is C20H23N3O4. The van der Waals surface area contributed by atoms with Crippen LogP contribution in [0.2, 0.25) is 0 Å². The molecule has 0 bridgehead atoms. The van der Waals surface area contributed by atoms with Gasteiger partial charge in [-0.1, -0.05) is 0 Å². The van der Waals surface area contributed by atoms with Crippen LogP contribution in [0.5, 0.6) is 11.5 Å². The van der Waals surface area contributed by atoms with Crippen LogP contribution >= 0.6 is 0 Å². The lowest BCUT2D eigenvalue weighted by molar-refractivity contribution is -0.132. The minimum Gasteiger partial charge on any atom is -0.493 e. The number of aromatic nitrogens is 1. The molecule has 0 saturated carbocycles. The van der Waals surface area contributed by atoms with Crippen LogP contribution in [-0.4, -0.2) is 43.1 Å². The highest BCUT2D eigenvalue weighted by Crippen LogP contribution is 2.31. The number of aromatic amines is 1. The molecule has 0 radical (unpaired) electrons. The van der Waals surface area contributed by atoms with Gasteiger partial charge in [-0.05, 0) is 31.4 Å². The molecule has 0 atom stereocenters. The van der Waals surface area contributed by atoms with Gasteiger partial charge in [0.2, 0.25) is 5.91 Å². The van der Waals surface area contributed by atoms with Crippen LogP contribution in [0.3, 0.4) is 0 Å². The van der Waals surface area contributed by atoms with E-state index >= 15 is 0 Å². The highest BCUT2D eigenvalue weighted by Gasteiger charge is 2.22. The van der Waals surface area contributed by atoms with Gasteiger partial charge in [0, 0.05) is 42.4 Å². The number of rotatable bonds is 5. The largest absolute Gasteiger partial charge is 0.493 e. The zero-order valence-corrected chi connectivity index (χ0v) is 15.6. The van der Waals surface area contributed by atoms with Crippen molar-refractivity contribution in [3.63, 3.8) is 0 Å². The number of methoxy groups -OCH3 is 2. The third kappa shape index (κ3) is 4.05. The zero-order chi connectivity index (χ0) is 19.4. The lowest BCUT2D eigenvalue weighted by Crippen LogP contribution is -2.38. The van der Waals surface area contributed by atoms with Crippen molar-refractivity contribution in [3.8, 4) is 17.6 Å². The van der Waals surface area contributed by atoms with Gasteiger partial charge < -0.3 is 19.4 Å². The van der Waals surface area contributed by atoms with Crippen molar-refractivity contribution < 1.29 is 14.3 Å². The van der Waals surface area contributed by atoms with E-state index in [0.717, 1.165) is 18.2 Å². The molecule has 1 amide bonds. The number of likely N-dealkylation sites (tertiary alicyclic amines) is 1. The lowest BCUT2D eigenvalue weighted by atomic mass is 9.98. The van der Waals surface area contributed by atoms with Crippen LogP contribution < -0.4 is 15.0 Å². The van der Waals surface area contributed by atoms with Gasteiger partial charge in [0.05, 0.1) is 25.8 Å². The number of pyridine rings is 1. The zero-order valence-electron chi connectivity index (χ0n) is 15.6. The van der Waals surface area contributed by atoms with Gasteiger partial charge in [0.25, 0.3) is 5.56 Å². The first-order chi connectivity index (χ1) is 13.0. The summed E-state index contributed by atoms with van der Waals surface area (Å²) in [5.41, 5.74) is 1.02. The van der Waals surface area contributed by atoms with Crippen molar-refractivity contribution in [1.82, 2.24) is 9.88 Å². The molecule has 0 spiro atoms. The Labute approximate surface area is 157 Å². The number of carbonyl (C=O) groups excluding carboxylic acids is 1. The first-order valence-electron chi connectivity index (χ1n) is 9.01. The second-order valence-electron chi connectivity index (χ2n) is 6.70. The van der Waals surface area contributed by atoms with E-state index in [1.807, 2.05) is 6.07 Å². The maximum atomic E-state index is 12.4. The monoisotopic (exact) mass is 369 g/mol. The number of H-pyrrole nitrogens is 1. The highest BCUT2D eigenvalue weighted by atomic mass is 16.5. The lowest BCUT2D eigenvalue weighted by Gasteiger charge is -2.29. The van der Waals surface area contributed by atoms with E-state index in [2.05, 4.69) is 11.1 Å². The van der Waals surface area contributed by atoms with Gasteiger partial charge in [-0.2, -0.15) is 5.26 Å². The molecule has 142 valence electrons. The number of nitrogens with one attached hydrogen (secondary N) is 1. The average Bonchev–Trinajstić information content (AvgIpc) is 2.71. The van der Waals surface area contributed by atoms with Gasteiger partial charge in [0.1, 0.15) is 0 Å². The molecule has 27 heavy (non-hydrogen) atoms. The SMILES string of the molecule is COc1cc2cc(CCC(=O)N3CCC(C#N)CC3)c(=O)[nH]c2cc1OC. The molecule has 1 aliphatic heterocycles. The predicted molar refractivity (Wildman–Crippen MR) is 101 cm³/mol. The van der Waals surface area contributed by atoms with Crippen LogP contribution in [0.15, 0.2) is 23.0 Å². The minimum atomic E-state index is -0.203. The standard InChI is InChI=1S/C20H23N3O4/c1-26-17-10-15-9-14(20(25)22-16(15)11-18(17)27-2)3-4-19(24)23-7-5-13(12-21)6-8-23/h9-11,13H,3-8H2,1-2H3,(H,22,25). The Kier molecular flexibility index (Phi) is 5.65. The fraction of sp³-hybridized carbons (Fsp3) is 0.450. The van der Waals surface area contributed by atoms with E-state index in [1.165, 1.54) is 0 Å². The number of ether oxygens (including phenoxy) is 2. The molecule has 7 heteroatoms. The number of hydrogen-bond donors (Lipinski definition) is 1. The molecule has 1 aromatic heterocycles. The predicted octanol–water partition coefficient (Wildman–Crippen LogP) is 2.24. The molecule has 1 fully saturated rings. The van der Waals surface area contributed by atoms with Crippen molar-refractivity contribution in [2.24, 2.45) is 5.92 Å². The number of piperidine rings is 1. The fourth-order valence-corrected chi connectivity index (χ4v) is 3.42. The summed E-state index contributed by atoms with van der Waals surface area (Å²) in [5, 5.41) is 9.77. The van der Waals surface area contributed by atoms with Crippen molar-refractivity contribution in [1.29, 1.82) is 5.26 Å². The van der Waals surface area contributed by atoms with Crippen molar-refractivity contribution in [2.45, 2.75) is 25.7 Å². The van der Waals surface area contributed by atoms with E-state index in [4.69, 9.17) is 14.7 Å². The summed E-state index contributed by atoms with van der Waals surface area (Å²) in [6.07, 6.45) is 2.09. The number of benzene rings is 1. The van der Waals surface area contributed by atoms with Gasteiger partial charge >= 0.3 is 0 Å². The summed E-state index contributed by atoms with van der Waals surface area (Å²) < 4.78 is 10.6. The van der Waals surface area contributed by atoms with Crippen LogP contribution in [0.4, 0.5) is 0 Å². The number of nitriles is 1. The Morgan fingerprint density at radius 1 is 1.22 bits per heavy atom. The Bertz CT molecular complexity index is 937. The highest BCUT2D eigenvalue weighted by molar-refractivity contribution is 5.83. The number of carbonyl (C=O) groups is 1. The van der Waals surface area contributed by atoms with E-state index in [9.17, 15) is 9.59 Å². The van der Waals surface area contributed by atoms with Crippen LogP contribution in [0, 0.1) is 17.2 Å². The number of nitrogens with zero attached hydrogens (tertiary/aromatic N) is 2. The summed E-state index contributed by atoms with van der Waals surface area (Å²) in [7, 11) is 3.10. The normalized spacial score (nSPS) is 14.8. The molecule has 0 unspecified atom stereocenters. The molecule has 2 aromatic rings. The quantitative estimate of drug-likeness (QED) is 0.872. The van der Waals surface area contributed by atoms with Gasteiger partial charge in [0.15, 0.2) is 11.5 Å². The molecular weight excluding hydrogens is 346 g/mol. The molecule has 0 aliphatic carbocycles. The van der Waals surface area contributed by atoms with Crippen LogP contribution in [-0.2, 0) is 11.2 Å². The molecule has 1 aliphatic rings. The number of hydrogen-bond acceptors (Lipinski definition) is 5. The number of fused-ring (bicyclic) bond motifs is 1. The molecule has 7 nitrogen and oxygen atoms in total. The minimum absolute atomic E-state index is 0.0261. The van der Waals surface area contributed by atoms with Crippen LogP contribution in [0.25, 0.3) is 10.9 Å². The van der Waals surface area contributed by atoms with Gasteiger partial charge in [-0.25, -0.2) is 0 Å². The fourth-order valence-electron chi connectivity index (χ4n) is 3.42. The van der Waals surface area contributed by atoms with Gasteiger partial charge in [-0.15, -0.1) is 0 Å². The number of amides is 1. The summed E-state index contributed by atoms with van der Waals surface area (Å²) >= 11 is 0. The first kappa shape index (κ1) is 18.8. The molecule has 1 aromatic carbocycles. The van der Waals surface area contributed by atoms with Gasteiger partial charge in [-0.3, -0.25) is 9.59 Å². The van der Waals surface area contributed by atoms with E-state index < -0.39 is 0 Å². The third-order valence-corrected chi connectivity index (χ3v) is 5.06. The van der Waals surface area contributed by atoms with Crippen LogP contribution in [0.1, 0.15) is 24.8 Å². The Balaban J connectivity index is 1.73. The molecule has 3 rings (SSSR count). The van der Waals surface area contributed by atoms with E-state index in [-0.39, 0.29) is 23.8 Å². The topological polar surface area (TPSA) is 95.4 Å². The maximum Gasteiger partial charge on any atom is 0.251 e. The summed E-state index contributed by atoms with van der Waals surface area (Å²) in [5.74, 6) is 1.20. The maximum absolute atomic E-state index is 12.4. The molecule has 1 N–H and O–H groups in total. The molecule has 1 saturated heterocycles. The Hall–Kier alpha value is -3.01. The van der Waals surface area contributed by atoms with Crippen molar-refractivity contribution in [2.75, 3.05) is 27.3 Å². The van der Waals surface area contributed by atoms with Crippen molar-refractivity contribution in [3.05, 3.63) is 34.1 Å². The Morgan fingerprint density at radius 3 is 2.52 bits per heavy atom.